The molecule has 0 spiro atoms. The molecule has 1 heterocycles. The van der Waals surface area contributed by atoms with E-state index in [1.165, 1.54) is 0 Å². The van der Waals surface area contributed by atoms with Gasteiger partial charge in [0.15, 0.2) is 0 Å². The van der Waals surface area contributed by atoms with E-state index in [2.05, 4.69) is 9.97 Å². The number of carboxylic acids is 1. The lowest BCUT2D eigenvalue weighted by Crippen LogP contribution is -2.39. The van der Waals surface area contributed by atoms with Crippen LogP contribution < -0.4 is 10.5 Å². The summed E-state index contributed by atoms with van der Waals surface area (Å²) in [5.41, 5.74) is -0.628. The Morgan fingerprint density at radius 3 is 2.55 bits per heavy atom. The molecule has 2 N–H and O–H groups in total. The van der Waals surface area contributed by atoms with E-state index in [0.717, 1.165) is 6.07 Å². The molecular formula is C11H14F3N3O3. The summed E-state index contributed by atoms with van der Waals surface area (Å²) in [6.45, 7) is 1.02. The molecule has 0 aliphatic heterocycles. The summed E-state index contributed by atoms with van der Waals surface area (Å²) in [7, 11) is 0. The summed E-state index contributed by atoms with van der Waals surface area (Å²) in [5.74, 6) is -1.76. The predicted octanol–water partition coefficient (Wildman–Crippen LogP) is 1.35. The first kappa shape index (κ1) is 16.0. The van der Waals surface area contributed by atoms with Crippen LogP contribution in [-0.2, 0) is 4.79 Å². The second kappa shape index (κ2) is 5.93. The zero-order chi connectivity index (χ0) is 15.5. The number of anilines is 1. The van der Waals surface area contributed by atoms with Crippen LogP contribution in [-0.4, -0.2) is 40.3 Å². The van der Waals surface area contributed by atoms with Gasteiger partial charge in [-0.05, 0) is 0 Å². The predicted molar refractivity (Wildman–Crippen MR) is 64.9 cm³/mol. The third-order valence-electron chi connectivity index (χ3n) is 2.31. The summed E-state index contributed by atoms with van der Waals surface area (Å²) in [4.78, 5) is 28.8. The molecule has 0 saturated heterocycles. The SMILES string of the molecule is CC(C)c1nc(N(CC(=O)O)CC(F)(F)F)cc(=O)[nH]1. The van der Waals surface area contributed by atoms with Gasteiger partial charge >= 0.3 is 12.1 Å². The molecule has 20 heavy (non-hydrogen) atoms. The minimum absolute atomic E-state index is 0.199. The largest absolute Gasteiger partial charge is 0.480 e. The van der Waals surface area contributed by atoms with Crippen molar-refractivity contribution >= 4 is 11.8 Å². The average Bonchev–Trinajstić information content (AvgIpc) is 2.24. The van der Waals surface area contributed by atoms with E-state index in [4.69, 9.17) is 5.11 Å². The second-order valence-electron chi connectivity index (χ2n) is 4.51. The van der Waals surface area contributed by atoms with E-state index >= 15 is 0 Å². The van der Waals surface area contributed by atoms with Gasteiger partial charge in [0.1, 0.15) is 24.7 Å². The van der Waals surface area contributed by atoms with Crippen LogP contribution in [0, 0.1) is 0 Å². The van der Waals surface area contributed by atoms with E-state index in [1.54, 1.807) is 13.8 Å². The average molecular weight is 293 g/mol. The molecule has 9 heteroatoms. The van der Waals surface area contributed by atoms with E-state index in [0.29, 0.717) is 4.90 Å². The van der Waals surface area contributed by atoms with Crippen molar-refractivity contribution in [1.29, 1.82) is 0 Å². The Balaban J connectivity index is 3.19. The number of nitrogens with one attached hydrogen (secondary N) is 1. The first-order chi connectivity index (χ1) is 9.08. The maximum atomic E-state index is 12.5. The van der Waals surface area contributed by atoms with Gasteiger partial charge in [-0.25, -0.2) is 4.98 Å². The molecule has 6 nitrogen and oxygen atoms in total. The summed E-state index contributed by atoms with van der Waals surface area (Å²) < 4.78 is 37.4. The number of aromatic nitrogens is 2. The van der Waals surface area contributed by atoms with Crippen LogP contribution in [0.2, 0.25) is 0 Å². The highest BCUT2D eigenvalue weighted by Crippen LogP contribution is 2.20. The third-order valence-corrected chi connectivity index (χ3v) is 2.31. The van der Waals surface area contributed by atoms with Crippen LogP contribution in [0.15, 0.2) is 10.9 Å². The molecule has 0 saturated carbocycles. The van der Waals surface area contributed by atoms with Gasteiger partial charge in [0, 0.05) is 12.0 Å². The Labute approximate surface area is 112 Å². The van der Waals surface area contributed by atoms with Gasteiger partial charge in [-0.2, -0.15) is 13.2 Å². The van der Waals surface area contributed by atoms with Crippen molar-refractivity contribution in [3.8, 4) is 0 Å². The minimum Gasteiger partial charge on any atom is -0.480 e. The monoisotopic (exact) mass is 293 g/mol. The van der Waals surface area contributed by atoms with Crippen molar-refractivity contribution in [2.75, 3.05) is 18.0 Å². The smallest absolute Gasteiger partial charge is 0.405 e. The molecular weight excluding hydrogens is 279 g/mol. The molecule has 0 atom stereocenters. The topological polar surface area (TPSA) is 86.3 Å². The first-order valence-corrected chi connectivity index (χ1v) is 5.73. The fourth-order valence-corrected chi connectivity index (χ4v) is 1.50. The first-order valence-electron chi connectivity index (χ1n) is 5.73. The van der Waals surface area contributed by atoms with E-state index in [9.17, 15) is 22.8 Å². The summed E-state index contributed by atoms with van der Waals surface area (Å²) in [6.07, 6.45) is -4.60. The van der Waals surface area contributed by atoms with Gasteiger partial charge in [-0.3, -0.25) is 9.59 Å². The molecule has 0 fully saturated rings. The molecule has 0 bridgehead atoms. The van der Waals surface area contributed by atoms with Crippen molar-refractivity contribution in [1.82, 2.24) is 9.97 Å². The Hall–Kier alpha value is -2.06. The van der Waals surface area contributed by atoms with Gasteiger partial charge in [0.25, 0.3) is 5.56 Å². The minimum atomic E-state index is -4.60. The van der Waals surface area contributed by atoms with Crippen LogP contribution in [0.5, 0.6) is 0 Å². The van der Waals surface area contributed by atoms with Crippen LogP contribution in [0.3, 0.4) is 0 Å². The lowest BCUT2D eigenvalue weighted by molar-refractivity contribution is -0.136. The highest BCUT2D eigenvalue weighted by atomic mass is 19.4. The van der Waals surface area contributed by atoms with Crippen molar-refractivity contribution in [3.05, 3.63) is 22.2 Å². The summed E-state index contributed by atoms with van der Waals surface area (Å²) >= 11 is 0. The highest BCUT2D eigenvalue weighted by molar-refractivity contribution is 5.73. The fraction of sp³-hybridized carbons (Fsp3) is 0.545. The van der Waals surface area contributed by atoms with Crippen LogP contribution in [0.25, 0.3) is 0 Å². The Morgan fingerprint density at radius 2 is 2.10 bits per heavy atom. The summed E-state index contributed by atoms with van der Waals surface area (Å²) in [6, 6.07) is 0.848. The van der Waals surface area contributed by atoms with Crippen molar-refractivity contribution < 1.29 is 23.1 Å². The lowest BCUT2D eigenvalue weighted by atomic mass is 10.2. The zero-order valence-electron chi connectivity index (χ0n) is 10.9. The molecule has 0 radical (unpaired) electrons. The third kappa shape index (κ3) is 4.90. The van der Waals surface area contributed by atoms with Crippen LogP contribution in [0.4, 0.5) is 19.0 Å². The number of alkyl halides is 3. The van der Waals surface area contributed by atoms with Crippen molar-refractivity contribution in [3.63, 3.8) is 0 Å². The maximum absolute atomic E-state index is 12.5. The van der Waals surface area contributed by atoms with Crippen molar-refractivity contribution in [2.45, 2.75) is 25.9 Å². The Kier molecular flexibility index (Phi) is 4.74. The van der Waals surface area contributed by atoms with Gasteiger partial charge in [-0.15, -0.1) is 0 Å². The molecule has 0 aliphatic rings. The number of halogens is 3. The van der Waals surface area contributed by atoms with Gasteiger partial charge in [0.05, 0.1) is 0 Å². The maximum Gasteiger partial charge on any atom is 0.405 e. The standard InChI is InChI=1S/C11H14F3N3O3/c1-6(2)10-15-7(3-8(18)16-10)17(4-9(19)20)5-11(12,13)14/h3,6H,4-5H2,1-2H3,(H,19,20)(H,15,16,18). The van der Waals surface area contributed by atoms with Crippen LogP contribution in [0.1, 0.15) is 25.6 Å². The quantitative estimate of drug-likeness (QED) is 0.855. The number of hydrogen-bond donors (Lipinski definition) is 2. The van der Waals surface area contributed by atoms with Crippen LogP contribution >= 0.6 is 0 Å². The van der Waals surface area contributed by atoms with Crippen molar-refractivity contribution in [2.24, 2.45) is 0 Å². The number of H-pyrrole nitrogens is 1. The van der Waals surface area contributed by atoms with E-state index in [-0.39, 0.29) is 17.6 Å². The van der Waals surface area contributed by atoms with E-state index in [1.807, 2.05) is 0 Å². The zero-order valence-corrected chi connectivity index (χ0v) is 10.9. The number of carbonyl (C=O) groups is 1. The number of hydrogen-bond acceptors (Lipinski definition) is 4. The molecule has 1 aromatic heterocycles. The molecule has 112 valence electrons. The Bertz CT molecular complexity index is 540. The molecule has 0 aromatic carbocycles. The van der Waals surface area contributed by atoms with E-state index < -0.39 is 30.8 Å². The molecule has 0 amide bonds. The fourth-order valence-electron chi connectivity index (χ4n) is 1.50. The molecule has 0 aliphatic carbocycles. The lowest BCUT2D eigenvalue weighted by Gasteiger charge is -2.23. The van der Waals surface area contributed by atoms with Gasteiger partial charge in [-0.1, -0.05) is 13.8 Å². The number of nitrogens with zero attached hydrogens (tertiary/aromatic N) is 2. The number of rotatable bonds is 5. The normalized spacial score (nSPS) is 11.7. The number of aromatic amines is 1. The molecule has 1 rings (SSSR count). The molecule has 0 unspecified atom stereocenters. The highest BCUT2D eigenvalue weighted by Gasteiger charge is 2.32. The Morgan fingerprint density at radius 1 is 1.50 bits per heavy atom. The number of carboxylic acid groups (broad SMARTS) is 1. The number of aliphatic carboxylic acids is 1. The van der Waals surface area contributed by atoms with Gasteiger partial charge < -0.3 is 15.0 Å². The van der Waals surface area contributed by atoms with Gasteiger partial charge in [0.2, 0.25) is 0 Å². The second-order valence-corrected chi connectivity index (χ2v) is 4.51. The molecule has 1 aromatic rings. The summed E-state index contributed by atoms with van der Waals surface area (Å²) in [5, 5.41) is 8.67.